The number of Topliss-reactive ketones (excluding diaryl/α,β-unsaturated/α-hetero) is 1. The van der Waals surface area contributed by atoms with Gasteiger partial charge in [0.05, 0.1) is 31.2 Å². The van der Waals surface area contributed by atoms with Crippen LogP contribution < -0.4 is 9.47 Å². The van der Waals surface area contributed by atoms with Crippen LogP contribution in [0.4, 0.5) is 0 Å². The number of methoxy groups -OCH3 is 2. The fourth-order valence-electron chi connectivity index (χ4n) is 2.30. The molecule has 0 N–H and O–H groups in total. The molecule has 25 heavy (non-hydrogen) atoms. The van der Waals surface area contributed by atoms with Gasteiger partial charge in [-0.15, -0.1) is 11.3 Å². The Morgan fingerprint density at radius 1 is 1.12 bits per heavy atom. The molecule has 1 aromatic heterocycles. The van der Waals surface area contributed by atoms with Crippen molar-refractivity contribution in [3.8, 4) is 22.8 Å². The summed E-state index contributed by atoms with van der Waals surface area (Å²) < 4.78 is 11.3. The molecule has 128 valence electrons. The van der Waals surface area contributed by atoms with Gasteiger partial charge in [-0.3, -0.25) is 4.79 Å². The number of thioether (sulfide) groups is 1. The van der Waals surface area contributed by atoms with Gasteiger partial charge in [0.25, 0.3) is 0 Å². The molecule has 0 saturated carbocycles. The van der Waals surface area contributed by atoms with Crippen molar-refractivity contribution < 1.29 is 14.3 Å². The normalized spacial score (nSPS) is 10.5. The van der Waals surface area contributed by atoms with Crippen LogP contribution in [0.25, 0.3) is 11.3 Å². The van der Waals surface area contributed by atoms with Gasteiger partial charge in [-0.25, -0.2) is 4.98 Å². The fourth-order valence-corrected chi connectivity index (χ4v) is 4.02. The van der Waals surface area contributed by atoms with Crippen molar-refractivity contribution in [2.75, 3.05) is 20.0 Å². The Labute approximate surface area is 154 Å². The molecule has 2 aromatic carbocycles. The van der Waals surface area contributed by atoms with E-state index in [4.69, 9.17) is 9.47 Å². The topological polar surface area (TPSA) is 48.4 Å². The average Bonchev–Trinajstić information content (AvgIpc) is 3.15. The Morgan fingerprint density at radius 3 is 2.64 bits per heavy atom. The molecule has 0 fully saturated rings. The van der Waals surface area contributed by atoms with Crippen LogP contribution in [-0.4, -0.2) is 30.7 Å². The summed E-state index contributed by atoms with van der Waals surface area (Å²) in [5, 5.41) is 2.01. The number of ketones is 1. The van der Waals surface area contributed by atoms with Gasteiger partial charge in [0, 0.05) is 17.0 Å². The molecular weight excluding hydrogens is 354 g/mol. The maximum absolute atomic E-state index is 12.5. The second kappa shape index (κ2) is 8.18. The number of carbonyl (C=O) groups is 1. The van der Waals surface area contributed by atoms with E-state index in [1.165, 1.54) is 11.8 Å². The summed E-state index contributed by atoms with van der Waals surface area (Å²) in [5.74, 6) is 1.49. The third-order valence-corrected chi connectivity index (χ3v) is 5.61. The predicted molar refractivity (Wildman–Crippen MR) is 102 cm³/mol. The van der Waals surface area contributed by atoms with E-state index in [0.29, 0.717) is 22.8 Å². The second-order valence-electron chi connectivity index (χ2n) is 5.14. The Bertz CT molecular complexity index is 862. The van der Waals surface area contributed by atoms with Crippen molar-refractivity contribution in [3.63, 3.8) is 0 Å². The van der Waals surface area contributed by atoms with Gasteiger partial charge >= 0.3 is 0 Å². The van der Waals surface area contributed by atoms with E-state index in [1.807, 2.05) is 35.7 Å². The molecular formula is C19H17NO3S2. The van der Waals surface area contributed by atoms with Crippen molar-refractivity contribution >= 4 is 28.9 Å². The Hall–Kier alpha value is -2.31. The number of rotatable bonds is 7. The average molecular weight is 371 g/mol. The molecule has 3 aromatic rings. The molecule has 0 spiro atoms. The quantitative estimate of drug-likeness (QED) is 0.441. The fraction of sp³-hybridized carbons (Fsp3) is 0.158. The molecule has 0 aliphatic carbocycles. The molecule has 0 radical (unpaired) electrons. The first-order valence-electron chi connectivity index (χ1n) is 7.60. The lowest BCUT2D eigenvalue weighted by atomic mass is 10.1. The summed E-state index contributed by atoms with van der Waals surface area (Å²) in [6.45, 7) is 0. The molecule has 0 atom stereocenters. The molecule has 0 unspecified atom stereocenters. The highest BCUT2D eigenvalue weighted by Gasteiger charge is 2.15. The molecule has 1 heterocycles. The third kappa shape index (κ3) is 4.21. The minimum Gasteiger partial charge on any atom is -0.497 e. The highest BCUT2D eigenvalue weighted by atomic mass is 32.2. The van der Waals surface area contributed by atoms with Crippen LogP contribution in [0, 0.1) is 0 Å². The number of benzene rings is 2. The van der Waals surface area contributed by atoms with Crippen LogP contribution in [0.2, 0.25) is 0 Å². The van der Waals surface area contributed by atoms with E-state index in [0.717, 1.165) is 15.6 Å². The van der Waals surface area contributed by atoms with Gasteiger partial charge in [-0.1, -0.05) is 42.1 Å². The minimum absolute atomic E-state index is 0.000893. The van der Waals surface area contributed by atoms with Gasteiger partial charge in [-0.2, -0.15) is 0 Å². The van der Waals surface area contributed by atoms with Crippen LogP contribution in [-0.2, 0) is 0 Å². The van der Waals surface area contributed by atoms with E-state index >= 15 is 0 Å². The number of hydrogen-bond acceptors (Lipinski definition) is 6. The Balaban J connectivity index is 1.68. The lowest BCUT2D eigenvalue weighted by Gasteiger charge is -2.09. The number of carbonyl (C=O) groups excluding carboxylic acids is 1. The highest BCUT2D eigenvalue weighted by Crippen LogP contribution is 2.30. The number of aromatic nitrogens is 1. The zero-order chi connectivity index (χ0) is 17.6. The zero-order valence-electron chi connectivity index (χ0n) is 13.9. The zero-order valence-corrected chi connectivity index (χ0v) is 15.5. The molecule has 0 bridgehead atoms. The van der Waals surface area contributed by atoms with Crippen molar-refractivity contribution in [1.29, 1.82) is 0 Å². The molecule has 6 heteroatoms. The van der Waals surface area contributed by atoms with E-state index in [9.17, 15) is 4.79 Å². The maximum Gasteiger partial charge on any atom is 0.176 e. The van der Waals surface area contributed by atoms with Gasteiger partial charge in [0.15, 0.2) is 10.1 Å². The van der Waals surface area contributed by atoms with E-state index in [2.05, 4.69) is 4.98 Å². The summed E-state index contributed by atoms with van der Waals surface area (Å²) in [4.78, 5) is 17.1. The molecule has 4 nitrogen and oxygen atoms in total. The summed E-state index contributed by atoms with van der Waals surface area (Å²) >= 11 is 2.99. The number of hydrogen-bond donors (Lipinski definition) is 0. The highest BCUT2D eigenvalue weighted by molar-refractivity contribution is 8.01. The van der Waals surface area contributed by atoms with E-state index in [1.54, 1.807) is 43.8 Å². The SMILES string of the molecule is COc1ccc(C(=O)CSc2nc(-c3ccccc3)cs2)c(OC)c1. The van der Waals surface area contributed by atoms with Gasteiger partial charge in [0.2, 0.25) is 0 Å². The smallest absolute Gasteiger partial charge is 0.176 e. The molecule has 0 amide bonds. The van der Waals surface area contributed by atoms with E-state index in [-0.39, 0.29) is 5.78 Å². The number of ether oxygens (including phenoxy) is 2. The molecule has 3 rings (SSSR count). The molecule has 0 aliphatic heterocycles. The largest absolute Gasteiger partial charge is 0.497 e. The van der Waals surface area contributed by atoms with Crippen LogP contribution in [0.15, 0.2) is 58.3 Å². The van der Waals surface area contributed by atoms with Crippen LogP contribution in [0.5, 0.6) is 11.5 Å². The molecule has 0 aliphatic rings. The van der Waals surface area contributed by atoms with Crippen LogP contribution in [0.3, 0.4) is 0 Å². The van der Waals surface area contributed by atoms with Crippen molar-refractivity contribution in [1.82, 2.24) is 4.98 Å². The Morgan fingerprint density at radius 2 is 1.92 bits per heavy atom. The second-order valence-corrected chi connectivity index (χ2v) is 7.22. The van der Waals surface area contributed by atoms with Crippen molar-refractivity contribution in [2.45, 2.75) is 4.34 Å². The van der Waals surface area contributed by atoms with Crippen molar-refractivity contribution in [3.05, 3.63) is 59.5 Å². The molecule has 0 saturated heterocycles. The monoisotopic (exact) mass is 371 g/mol. The maximum atomic E-state index is 12.5. The van der Waals surface area contributed by atoms with Crippen molar-refractivity contribution in [2.24, 2.45) is 0 Å². The predicted octanol–water partition coefficient (Wildman–Crippen LogP) is 4.80. The number of nitrogens with zero attached hydrogens (tertiary/aromatic N) is 1. The lowest BCUT2D eigenvalue weighted by molar-refractivity contribution is 0.101. The van der Waals surface area contributed by atoms with Crippen LogP contribution >= 0.6 is 23.1 Å². The Kier molecular flexibility index (Phi) is 5.73. The standard InChI is InChI=1S/C19H17NO3S2/c1-22-14-8-9-15(18(10-14)23-2)17(21)12-25-19-20-16(11-24-19)13-6-4-3-5-7-13/h3-11H,12H2,1-2H3. The first-order valence-corrected chi connectivity index (χ1v) is 9.46. The minimum atomic E-state index is 0.000893. The first-order chi connectivity index (χ1) is 12.2. The van der Waals surface area contributed by atoms with Gasteiger partial charge < -0.3 is 9.47 Å². The lowest BCUT2D eigenvalue weighted by Crippen LogP contribution is -2.05. The summed E-state index contributed by atoms with van der Waals surface area (Å²) in [6.07, 6.45) is 0. The number of thiazole rings is 1. The van der Waals surface area contributed by atoms with Crippen LogP contribution in [0.1, 0.15) is 10.4 Å². The summed E-state index contributed by atoms with van der Waals surface area (Å²) in [6, 6.07) is 15.2. The van der Waals surface area contributed by atoms with Gasteiger partial charge in [-0.05, 0) is 12.1 Å². The van der Waals surface area contributed by atoms with Gasteiger partial charge in [0.1, 0.15) is 11.5 Å². The summed E-state index contributed by atoms with van der Waals surface area (Å²) in [5.41, 5.74) is 2.56. The summed E-state index contributed by atoms with van der Waals surface area (Å²) in [7, 11) is 3.13. The third-order valence-electron chi connectivity index (χ3n) is 3.59. The first kappa shape index (κ1) is 17.5. The van der Waals surface area contributed by atoms with E-state index < -0.39 is 0 Å².